The van der Waals surface area contributed by atoms with Crippen LogP contribution in [-0.4, -0.2) is 55.3 Å². The average molecular weight is 385 g/mol. The lowest BCUT2D eigenvalue weighted by Crippen LogP contribution is -2.50. The van der Waals surface area contributed by atoms with Gasteiger partial charge in [-0.25, -0.2) is 9.59 Å². The summed E-state index contributed by atoms with van der Waals surface area (Å²) in [7, 11) is 0. The Hall–Kier alpha value is -3.01. The van der Waals surface area contributed by atoms with Crippen LogP contribution in [0.25, 0.3) is 6.08 Å². The summed E-state index contributed by atoms with van der Waals surface area (Å²) < 4.78 is 10.3. The van der Waals surface area contributed by atoms with E-state index in [2.05, 4.69) is 4.90 Å². The molecule has 28 heavy (non-hydrogen) atoms. The van der Waals surface area contributed by atoms with Gasteiger partial charge in [0.05, 0.1) is 6.61 Å². The summed E-state index contributed by atoms with van der Waals surface area (Å²) in [6, 6.07) is 9.48. The van der Waals surface area contributed by atoms with Gasteiger partial charge >= 0.3 is 12.1 Å². The van der Waals surface area contributed by atoms with E-state index >= 15 is 0 Å². The summed E-state index contributed by atoms with van der Waals surface area (Å²) in [5.74, 6) is -0.624. The highest BCUT2D eigenvalue weighted by molar-refractivity contribution is 5.98. The number of hydrogen-bond donors (Lipinski definition) is 0. The molecule has 0 aromatic heterocycles. The molecular weight excluding hydrogens is 358 g/mol. The van der Waals surface area contributed by atoms with Crippen molar-refractivity contribution in [2.24, 2.45) is 0 Å². The van der Waals surface area contributed by atoms with Crippen LogP contribution in [0.3, 0.4) is 0 Å². The normalized spacial score (nSPS) is 15.0. The van der Waals surface area contributed by atoms with Crippen molar-refractivity contribution in [1.29, 1.82) is 5.26 Å². The van der Waals surface area contributed by atoms with Crippen molar-refractivity contribution in [3.8, 4) is 6.07 Å². The number of hydrogen-bond acceptors (Lipinski definition) is 6. The molecule has 7 nitrogen and oxygen atoms in total. The Morgan fingerprint density at radius 3 is 2.46 bits per heavy atom. The number of ether oxygens (including phenoxy) is 2. The maximum atomic E-state index is 12.2. The van der Waals surface area contributed by atoms with E-state index in [-0.39, 0.29) is 18.3 Å². The molecule has 0 bridgehead atoms. The monoisotopic (exact) mass is 385 g/mol. The van der Waals surface area contributed by atoms with Crippen LogP contribution >= 0.6 is 0 Å². The molecule has 1 aliphatic heterocycles. The molecule has 0 radical (unpaired) electrons. The number of esters is 1. The first-order valence-electron chi connectivity index (χ1n) is 9.35. The standard InChI is InChI=1S/C21H27N3O4/c1-5-27-19(25)17(15-22)13-16-7-6-8-18(14-16)23-9-11-24(12-10-23)20(26)28-21(2,3)4/h6-8,13-14H,5,9-12H2,1-4H3. The fourth-order valence-electron chi connectivity index (χ4n) is 2.80. The van der Waals surface area contributed by atoms with Crippen molar-refractivity contribution in [3.05, 3.63) is 35.4 Å². The van der Waals surface area contributed by atoms with E-state index in [1.54, 1.807) is 11.8 Å². The number of carbonyl (C=O) groups excluding carboxylic acids is 2. The van der Waals surface area contributed by atoms with Gasteiger partial charge in [0.15, 0.2) is 0 Å². The van der Waals surface area contributed by atoms with E-state index in [1.807, 2.05) is 51.1 Å². The first kappa shape index (κ1) is 21.3. The van der Waals surface area contributed by atoms with Gasteiger partial charge in [-0.05, 0) is 51.5 Å². The van der Waals surface area contributed by atoms with Gasteiger partial charge in [0, 0.05) is 31.9 Å². The zero-order chi connectivity index (χ0) is 20.7. The lowest BCUT2D eigenvalue weighted by Gasteiger charge is -2.36. The molecule has 1 amide bonds. The fraction of sp³-hybridized carbons (Fsp3) is 0.476. The molecule has 0 spiro atoms. The Labute approximate surface area is 166 Å². The molecule has 0 N–H and O–H groups in total. The van der Waals surface area contributed by atoms with Crippen molar-refractivity contribution in [2.75, 3.05) is 37.7 Å². The number of piperazine rings is 1. The maximum Gasteiger partial charge on any atom is 0.410 e. The molecule has 2 rings (SSSR count). The Morgan fingerprint density at radius 2 is 1.89 bits per heavy atom. The molecule has 0 atom stereocenters. The molecule has 1 heterocycles. The van der Waals surface area contributed by atoms with Gasteiger partial charge in [0.2, 0.25) is 0 Å². The van der Waals surface area contributed by atoms with Gasteiger partial charge in [-0.15, -0.1) is 0 Å². The van der Waals surface area contributed by atoms with Crippen molar-refractivity contribution < 1.29 is 19.1 Å². The Kier molecular flexibility index (Phi) is 7.05. The van der Waals surface area contributed by atoms with E-state index < -0.39 is 11.6 Å². The lowest BCUT2D eigenvalue weighted by atomic mass is 10.1. The van der Waals surface area contributed by atoms with Crippen LogP contribution in [-0.2, 0) is 14.3 Å². The summed E-state index contributed by atoms with van der Waals surface area (Å²) in [5, 5.41) is 9.19. The Balaban J connectivity index is 2.05. The van der Waals surface area contributed by atoms with Crippen molar-refractivity contribution in [3.63, 3.8) is 0 Å². The van der Waals surface area contributed by atoms with Gasteiger partial charge < -0.3 is 19.3 Å². The minimum atomic E-state index is -0.624. The minimum absolute atomic E-state index is 0.0336. The van der Waals surface area contributed by atoms with E-state index in [9.17, 15) is 14.9 Å². The molecule has 0 saturated carbocycles. The van der Waals surface area contributed by atoms with Crippen molar-refractivity contribution in [1.82, 2.24) is 4.90 Å². The van der Waals surface area contributed by atoms with Crippen LogP contribution in [0.15, 0.2) is 29.8 Å². The summed E-state index contributed by atoms with van der Waals surface area (Å²) in [6.45, 7) is 9.97. The third kappa shape index (κ3) is 6.02. The van der Waals surface area contributed by atoms with Crippen LogP contribution in [0.1, 0.15) is 33.3 Å². The second kappa shape index (κ2) is 9.27. The summed E-state index contributed by atoms with van der Waals surface area (Å²) >= 11 is 0. The van der Waals surface area contributed by atoms with Gasteiger partial charge in [0.25, 0.3) is 0 Å². The van der Waals surface area contributed by atoms with Gasteiger partial charge in [0.1, 0.15) is 17.2 Å². The fourth-order valence-corrected chi connectivity index (χ4v) is 2.80. The van der Waals surface area contributed by atoms with E-state index in [0.717, 1.165) is 11.3 Å². The summed E-state index contributed by atoms with van der Waals surface area (Å²) in [5.41, 5.74) is 1.18. The smallest absolute Gasteiger partial charge is 0.410 e. The maximum absolute atomic E-state index is 12.2. The second-order valence-electron chi connectivity index (χ2n) is 7.44. The number of amides is 1. The van der Waals surface area contributed by atoms with Crippen molar-refractivity contribution >= 4 is 23.8 Å². The molecule has 1 aliphatic rings. The van der Waals surface area contributed by atoms with Crippen LogP contribution in [0.2, 0.25) is 0 Å². The number of nitriles is 1. The molecular formula is C21H27N3O4. The van der Waals surface area contributed by atoms with Crippen LogP contribution < -0.4 is 4.90 Å². The summed E-state index contributed by atoms with van der Waals surface area (Å²) in [6.07, 6.45) is 1.23. The highest BCUT2D eigenvalue weighted by Gasteiger charge is 2.26. The molecule has 0 aliphatic carbocycles. The molecule has 1 aromatic carbocycles. The molecule has 1 aromatic rings. The number of carbonyl (C=O) groups is 2. The number of nitrogens with zero attached hydrogens (tertiary/aromatic N) is 3. The SMILES string of the molecule is CCOC(=O)C(C#N)=Cc1cccc(N2CCN(C(=O)OC(C)(C)C)CC2)c1. The summed E-state index contributed by atoms with van der Waals surface area (Å²) in [4.78, 5) is 27.8. The van der Waals surface area contributed by atoms with Gasteiger partial charge in [-0.3, -0.25) is 0 Å². The van der Waals surface area contributed by atoms with Crippen LogP contribution in [0.4, 0.5) is 10.5 Å². The van der Waals surface area contributed by atoms with E-state index in [4.69, 9.17) is 9.47 Å². The predicted octanol–water partition coefficient (Wildman–Crippen LogP) is 3.21. The second-order valence-corrected chi connectivity index (χ2v) is 7.44. The highest BCUT2D eigenvalue weighted by atomic mass is 16.6. The molecule has 150 valence electrons. The third-order valence-electron chi connectivity index (χ3n) is 4.09. The quantitative estimate of drug-likeness (QED) is 0.450. The topological polar surface area (TPSA) is 82.9 Å². The highest BCUT2D eigenvalue weighted by Crippen LogP contribution is 2.21. The van der Waals surface area contributed by atoms with Crippen molar-refractivity contribution in [2.45, 2.75) is 33.3 Å². The zero-order valence-electron chi connectivity index (χ0n) is 16.9. The average Bonchev–Trinajstić information content (AvgIpc) is 2.65. The molecule has 7 heteroatoms. The molecule has 1 saturated heterocycles. The lowest BCUT2D eigenvalue weighted by molar-refractivity contribution is -0.137. The molecule has 0 unspecified atom stereocenters. The van der Waals surface area contributed by atoms with E-state index in [0.29, 0.717) is 26.2 Å². The minimum Gasteiger partial charge on any atom is -0.462 e. The first-order valence-corrected chi connectivity index (χ1v) is 9.35. The first-order chi connectivity index (χ1) is 13.2. The van der Waals surface area contributed by atoms with E-state index in [1.165, 1.54) is 6.08 Å². The van der Waals surface area contributed by atoms with Gasteiger partial charge in [-0.1, -0.05) is 12.1 Å². The number of rotatable bonds is 4. The predicted molar refractivity (Wildman–Crippen MR) is 107 cm³/mol. The Morgan fingerprint density at radius 1 is 1.21 bits per heavy atom. The Bertz CT molecular complexity index is 782. The number of benzene rings is 1. The van der Waals surface area contributed by atoms with Crippen LogP contribution in [0.5, 0.6) is 0 Å². The third-order valence-corrected chi connectivity index (χ3v) is 4.09. The molecule has 1 fully saturated rings. The van der Waals surface area contributed by atoms with Crippen LogP contribution in [0, 0.1) is 11.3 Å². The zero-order valence-corrected chi connectivity index (χ0v) is 16.9. The largest absolute Gasteiger partial charge is 0.462 e. The number of anilines is 1. The van der Waals surface area contributed by atoms with Gasteiger partial charge in [-0.2, -0.15) is 5.26 Å².